The van der Waals surface area contributed by atoms with Crippen LogP contribution >= 0.6 is 0 Å². The molecule has 0 bridgehead atoms. The Bertz CT molecular complexity index is 767. The summed E-state index contributed by atoms with van der Waals surface area (Å²) in [5, 5.41) is 6.30. The van der Waals surface area contributed by atoms with Gasteiger partial charge in [0.05, 0.1) is 6.54 Å². The van der Waals surface area contributed by atoms with Crippen molar-refractivity contribution in [2.24, 2.45) is 7.05 Å². The summed E-state index contributed by atoms with van der Waals surface area (Å²) >= 11 is 0. The summed E-state index contributed by atoms with van der Waals surface area (Å²) in [6.45, 7) is -0.0228. The van der Waals surface area contributed by atoms with Crippen molar-refractivity contribution in [1.29, 1.82) is 0 Å². The van der Waals surface area contributed by atoms with Crippen molar-refractivity contribution in [3.63, 3.8) is 0 Å². The van der Waals surface area contributed by atoms with Gasteiger partial charge in [-0.1, -0.05) is 30.3 Å². The number of nitrogens with one attached hydrogen (secondary N) is 1. The number of hydrogen-bond acceptors (Lipinski definition) is 4. The van der Waals surface area contributed by atoms with E-state index in [1.54, 1.807) is 31.3 Å². The van der Waals surface area contributed by atoms with Crippen molar-refractivity contribution in [2.45, 2.75) is 11.6 Å². The second-order valence-corrected chi connectivity index (χ2v) is 6.23. The van der Waals surface area contributed by atoms with E-state index in [0.29, 0.717) is 0 Å². The van der Waals surface area contributed by atoms with Gasteiger partial charge in [0.25, 0.3) is 10.0 Å². The maximum atomic E-state index is 12.4. The smallest absolute Gasteiger partial charge is 0.303 e. The monoisotopic (exact) mass is 292 g/mol. The lowest BCUT2D eigenvalue weighted by Crippen LogP contribution is -2.43. The van der Waals surface area contributed by atoms with Crippen molar-refractivity contribution in [2.75, 3.05) is 5.32 Å². The third-order valence-electron chi connectivity index (χ3n) is 2.97. The van der Waals surface area contributed by atoms with Crippen LogP contribution in [-0.2, 0) is 23.6 Å². The minimum Gasteiger partial charge on any atom is -0.303 e. The van der Waals surface area contributed by atoms with E-state index in [-0.39, 0.29) is 17.3 Å². The average molecular weight is 292 g/mol. The van der Waals surface area contributed by atoms with Crippen molar-refractivity contribution >= 4 is 21.7 Å². The molecule has 0 fully saturated rings. The lowest BCUT2D eigenvalue weighted by atomic mass is 10.2. The van der Waals surface area contributed by atoms with Crippen LogP contribution in [0, 0.1) is 0 Å². The number of benzene rings is 1. The highest BCUT2D eigenvalue weighted by molar-refractivity contribution is 7.89. The summed E-state index contributed by atoms with van der Waals surface area (Å²) in [7, 11) is -2.32. The fourth-order valence-corrected chi connectivity index (χ4v) is 3.45. The highest BCUT2D eigenvalue weighted by Gasteiger charge is 2.39. The lowest BCUT2D eigenvalue weighted by Gasteiger charge is -2.25. The molecule has 1 aromatic heterocycles. The lowest BCUT2D eigenvalue weighted by molar-refractivity contribution is 0.233. The Labute approximate surface area is 115 Å². The van der Waals surface area contributed by atoms with E-state index in [9.17, 15) is 13.2 Å². The number of amides is 2. The Morgan fingerprint density at radius 3 is 2.65 bits per heavy atom. The van der Waals surface area contributed by atoms with Crippen LogP contribution in [0.5, 0.6) is 0 Å². The van der Waals surface area contributed by atoms with Gasteiger partial charge in [-0.3, -0.25) is 4.68 Å². The molecular weight excluding hydrogens is 280 g/mol. The molecular formula is C12H12N4O3S. The number of urea groups is 1. The van der Waals surface area contributed by atoms with Gasteiger partial charge in [-0.2, -0.15) is 13.5 Å². The molecule has 1 aromatic carbocycles. The van der Waals surface area contributed by atoms with E-state index in [4.69, 9.17) is 0 Å². The van der Waals surface area contributed by atoms with Crippen LogP contribution in [0.2, 0.25) is 0 Å². The normalized spacial score (nSPS) is 16.6. The number of sulfonamides is 1. The molecule has 3 rings (SSSR count). The van der Waals surface area contributed by atoms with Crippen LogP contribution in [0.15, 0.2) is 41.6 Å². The summed E-state index contributed by atoms with van der Waals surface area (Å²) in [5.41, 5.74) is 0.937. The molecule has 20 heavy (non-hydrogen) atoms. The third-order valence-corrected chi connectivity index (χ3v) is 4.63. The Balaban J connectivity index is 2.02. The first-order valence-corrected chi connectivity index (χ1v) is 7.34. The Kier molecular flexibility index (Phi) is 2.75. The van der Waals surface area contributed by atoms with Crippen LogP contribution in [0.4, 0.5) is 10.5 Å². The fraction of sp³-hybridized carbons (Fsp3) is 0.167. The number of aromatic nitrogens is 2. The number of nitrogens with zero attached hydrogens (tertiary/aromatic N) is 3. The van der Waals surface area contributed by atoms with Gasteiger partial charge in [-0.25, -0.2) is 9.10 Å². The van der Waals surface area contributed by atoms with Crippen molar-refractivity contribution in [1.82, 2.24) is 14.1 Å². The minimum atomic E-state index is -3.92. The molecule has 1 aliphatic heterocycles. The largest absolute Gasteiger partial charge is 0.336 e. The molecule has 0 aliphatic carbocycles. The quantitative estimate of drug-likeness (QED) is 0.900. The van der Waals surface area contributed by atoms with Gasteiger partial charge in [-0.15, -0.1) is 0 Å². The molecule has 1 N–H and O–H groups in total. The number of carbonyl (C=O) groups is 1. The van der Waals surface area contributed by atoms with Gasteiger partial charge in [0.2, 0.25) is 5.03 Å². The number of hydrogen-bond donors (Lipinski definition) is 1. The van der Waals surface area contributed by atoms with Gasteiger partial charge < -0.3 is 5.32 Å². The SMILES string of the molecule is Cn1cc2c(n1)S(=O)(=O)N(Cc1ccccc1)C(=O)N2. The summed E-state index contributed by atoms with van der Waals surface area (Å²) in [4.78, 5) is 12.0. The molecule has 2 aromatic rings. The first kappa shape index (κ1) is 12.7. The van der Waals surface area contributed by atoms with Gasteiger partial charge in [0, 0.05) is 13.2 Å². The second-order valence-electron chi connectivity index (χ2n) is 4.45. The summed E-state index contributed by atoms with van der Waals surface area (Å²) in [6.07, 6.45) is 1.46. The van der Waals surface area contributed by atoms with Crippen LogP contribution in [0.3, 0.4) is 0 Å². The van der Waals surface area contributed by atoms with Gasteiger partial charge in [0.1, 0.15) is 5.69 Å². The van der Waals surface area contributed by atoms with E-state index in [2.05, 4.69) is 10.4 Å². The molecule has 7 nitrogen and oxygen atoms in total. The number of rotatable bonds is 2. The molecule has 0 atom stereocenters. The van der Waals surface area contributed by atoms with Crippen LogP contribution in [0.1, 0.15) is 5.56 Å². The first-order chi connectivity index (χ1) is 9.48. The van der Waals surface area contributed by atoms with Gasteiger partial charge in [-0.05, 0) is 5.56 Å². The zero-order valence-corrected chi connectivity index (χ0v) is 11.5. The molecule has 0 saturated carbocycles. The first-order valence-electron chi connectivity index (χ1n) is 5.90. The maximum absolute atomic E-state index is 12.4. The Hall–Kier alpha value is -2.35. The molecule has 0 saturated heterocycles. The van der Waals surface area contributed by atoms with Crippen molar-refractivity contribution in [3.05, 3.63) is 42.1 Å². The Morgan fingerprint density at radius 2 is 1.95 bits per heavy atom. The molecule has 2 heterocycles. The van der Waals surface area contributed by atoms with Crippen molar-refractivity contribution < 1.29 is 13.2 Å². The predicted molar refractivity (Wildman–Crippen MR) is 71.4 cm³/mol. The van der Waals surface area contributed by atoms with E-state index >= 15 is 0 Å². The van der Waals surface area contributed by atoms with Gasteiger partial charge >= 0.3 is 6.03 Å². The molecule has 104 valence electrons. The zero-order chi connectivity index (χ0) is 14.3. The highest BCUT2D eigenvalue weighted by Crippen LogP contribution is 2.29. The van der Waals surface area contributed by atoms with Gasteiger partial charge in [0.15, 0.2) is 0 Å². The number of fused-ring (bicyclic) bond motifs is 1. The van der Waals surface area contributed by atoms with Crippen LogP contribution in [0.25, 0.3) is 0 Å². The second kappa shape index (κ2) is 4.34. The topological polar surface area (TPSA) is 84.3 Å². The third kappa shape index (κ3) is 1.94. The molecule has 1 aliphatic rings. The molecule has 0 spiro atoms. The number of aryl methyl sites for hydroxylation is 1. The van der Waals surface area contributed by atoms with E-state index in [1.807, 2.05) is 6.07 Å². The van der Waals surface area contributed by atoms with E-state index < -0.39 is 16.1 Å². The zero-order valence-electron chi connectivity index (χ0n) is 10.6. The minimum absolute atomic E-state index is 0.0228. The molecule has 2 amide bonds. The van der Waals surface area contributed by atoms with E-state index in [1.165, 1.54) is 10.9 Å². The summed E-state index contributed by atoms with van der Waals surface area (Å²) in [6, 6.07) is 8.25. The average Bonchev–Trinajstić information content (AvgIpc) is 2.77. The van der Waals surface area contributed by atoms with Crippen LogP contribution < -0.4 is 5.32 Å². The molecule has 0 unspecified atom stereocenters. The summed E-state index contributed by atoms with van der Waals surface area (Å²) in [5.74, 6) is 0. The number of carbonyl (C=O) groups excluding carboxylic acids is 1. The molecule has 0 radical (unpaired) electrons. The number of anilines is 1. The predicted octanol–water partition coefficient (Wildman–Crippen LogP) is 1.16. The Morgan fingerprint density at radius 1 is 1.25 bits per heavy atom. The molecule has 8 heteroatoms. The standard InChI is InChI=1S/C12H12N4O3S/c1-15-8-10-11(14-15)20(18,19)16(12(17)13-10)7-9-5-3-2-4-6-9/h2-6,8H,7H2,1H3,(H,13,17). The van der Waals surface area contributed by atoms with Crippen molar-refractivity contribution in [3.8, 4) is 0 Å². The van der Waals surface area contributed by atoms with E-state index in [0.717, 1.165) is 9.87 Å². The van der Waals surface area contributed by atoms with Crippen LogP contribution in [-0.4, -0.2) is 28.5 Å². The summed E-state index contributed by atoms with van der Waals surface area (Å²) < 4.78 is 27.0. The maximum Gasteiger partial charge on any atom is 0.336 e. The fourth-order valence-electron chi connectivity index (χ4n) is 2.04. The highest BCUT2D eigenvalue weighted by atomic mass is 32.2.